The van der Waals surface area contributed by atoms with Crippen molar-refractivity contribution in [2.75, 3.05) is 43.1 Å². The van der Waals surface area contributed by atoms with Gasteiger partial charge in [0.15, 0.2) is 5.15 Å². The third kappa shape index (κ3) is 5.02. The summed E-state index contributed by atoms with van der Waals surface area (Å²) in [4.78, 5) is 22.7. The summed E-state index contributed by atoms with van der Waals surface area (Å²) in [7, 11) is 0. The van der Waals surface area contributed by atoms with Gasteiger partial charge in [-0.05, 0) is 56.6 Å². The third-order valence-electron chi connectivity index (χ3n) is 6.03. The van der Waals surface area contributed by atoms with Crippen LogP contribution in [0, 0.1) is 0 Å². The summed E-state index contributed by atoms with van der Waals surface area (Å²) in [6.45, 7) is 3.16. The number of amides is 1. The molecule has 2 fully saturated rings. The Balaban J connectivity index is 1.35. The number of carbonyl (C=O) groups is 1. The Morgan fingerprint density at radius 2 is 2.00 bits per heavy atom. The van der Waals surface area contributed by atoms with Gasteiger partial charge in [0.1, 0.15) is 6.61 Å². The molecule has 2 aliphatic rings. The highest BCUT2D eigenvalue weighted by molar-refractivity contribution is 6.35. The largest absolute Gasteiger partial charge is 0.370 e. The van der Waals surface area contributed by atoms with Gasteiger partial charge in [-0.15, -0.1) is 0 Å². The second kappa shape index (κ2) is 10.3. The number of nitrogens with zero attached hydrogens (tertiary/aromatic N) is 5. The SMILES string of the molecule is O=C1COCCN1c1ccc(Nc2ncc(Cl)c(-c3cn(C4CCCNCC4)nc3Cl)n2)cc1. The lowest BCUT2D eigenvalue weighted by molar-refractivity contribution is -0.125. The highest BCUT2D eigenvalue weighted by atomic mass is 35.5. The molecule has 2 saturated heterocycles. The highest BCUT2D eigenvalue weighted by Gasteiger charge is 2.21. The Morgan fingerprint density at radius 3 is 2.82 bits per heavy atom. The standard InChI is InChI=1S/C23H25Cl2N7O2/c24-19-12-27-23(28-15-3-5-16(6-4-15)31-10-11-34-14-20(31)33)29-21(19)18-13-32(30-22(18)25)17-2-1-8-26-9-7-17/h3-6,12-13,17,26H,1-2,7-11,14H2,(H,27,28,29). The second-order valence-electron chi connectivity index (χ2n) is 8.31. The minimum Gasteiger partial charge on any atom is -0.370 e. The van der Waals surface area contributed by atoms with Crippen LogP contribution in [0.25, 0.3) is 11.3 Å². The zero-order chi connectivity index (χ0) is 23.5. The molecule has 0 aliphatic carbocycles. The predicted molar refractivity (Wildman–Crippen MR) is 132 cm³/mol. The smallest absolute Gasteiger partial charge is 0.253 e. The number of benzene rings is 1. The quantitative estimate of drug-likeness (QED) is 0.543. The lowest BCUT2D eigenvalue weighted by atomic mass is 10.1. The number of halogens is 2. The lowest BCUT2D eigenvalue weighted by Crippen LogP contribution is -2.41. The maximum Gasteiger partial charge on any atom is 0.253 e. The molecule has 1 aromatic carbocycles. The third-order valence-corrected chi connectivity index (χ3v) is 6.58. The van der Waals surface area contributed by atoms with E-state index in [1.165, 1.54) is 0 Å². The summed E-state index contributed by atoms with van der Waals surface area (Å²) >= 11 is 12.9. The maximum absolute atomic E-state index is 12.1. The first-order chi connectivity index (χ1) is 16.6. The number of aromatic nitrogens is 4. The van der Waals surface area contributed by atoms with Crippen LogP contribution in [0.5, 0.6) is 0 Å². The van der Waals surface area contributed by atoms with Crippen molar-refractivity contribution in [2.24, 2.45) is 0 Å². The van der Waals surface area contributed by atoms with Crippen molar-refractivity contribution in [3.05, 3.63) is 46.8 Å². The molecule has 4 heterocycles. The summed E-state index contributed by atoms with van der Waals surface area (Å²) in [5, 5.41) is 11.9. The Kier molecular flexibility index (Phi) is 6.96. The zero-order valence-corrected chi connectivity index (χ0v) is 20.0. The summed E-state index contributed by atoms with van der Waals surface area (Å²) < 4.78 is 7.13. The van der Waals surface area contributed by atoms with Crippen LogP contribution in [0.2, 0.25) is 10.2 Å². The number of hydrogen-bond acceptors (Lipinski definition) is 7. The monoisotopic (exact) mass is 501 g/mol. The fraction of sp³-hybridized carbons (Fsp3) is 0.391. The molecule has 2 N–H and O–H groups in total. The molecule has 2 aliphatic heterocycles. The molecule has 1 unspecified atom stereocenters. The average molecular weight is 502 g/mol. The summed E-state index contributed by atoms with van der Waals surface area (Å²) in [6.07, 6.45) is 6.60. The first kappa shape index (κ1) is 23.0. The molecule has 11 heteroatoms. The van der Waals surface area contributed by atoms with Crippen LogP contribution >= 0.6 is 23.2 Å². The molecular weight excluding hydrogens is 477 g/mol. The number of anilines is 3. The van der Waals surface area contributed by atoms with Crippen molar-refractivity contribution in [1.29, 1.82) is 0 Å². The van der Waals surface area contributed by atoms with E-state index in [0.29, 0.717) is 40.5 Å². The highest BCUT2D eigenvalue weighted by Crippen LogP contribution is 2.34. The van der Waals surface area contributed by atoms with Gasteiger partial charge in [-0.25, -0.2) is 9.97 Å². The van der Waals surface area contributed by atoms with Crippen LogP contribution in [0.4, 0.5) is 17.3 Å². The first-order valence-electron chi connectivity index (χ1n) is 11.3. The van der Waals surface area contributed by atoms with Crippen LogP contribution in [-0.4, -0.2) is 58.5 Å². The molecule has 5 rings (SSSR count). The number of morpholine rings is 1. The fourth-order valence-corrected chi connectivity index (χ4v) is 4.66. The summed E-state index contributed by atoms with van der Waals surface area (Å²) in [5.74, 6) is 0.340. The van der Waals surface area contributed by atoms with Gasteiger partial charge in [0.05, 0.1) is 35.1 Å². The van der Waals surface area contributed by atoms with Gasteiger partial charge >= 0.3 is 0 Å². The fourth-order valence-electron chi connectivity index (χ4n) is 4.24. The van der Waals surface area contributed by atoms with E-state index in [1.54, 1.807) is 11.1 Å². The summed E-state index contributed by atoms with van der Waals surface area (Å²) in [6, 6.07) is 7.80. The predicted octanol–water partition coefficient (Wildman–Crippen LogP) is 4.07. The van der Waals surface area contributed by atoms with Crippen LogP contribution in [0.3, 0.4) is 0 Å². The first-order valence-corrected chi connectivity index (χ1v) is 12.1. The number of ether oxygens (including phenoxy) is 1. The van der Waals surface area contributed by atoms with Gasteiger partial charge in [-0.3, -0.25) is 9.48 Å². The van der Waals surface area contributed by atoms with Gasteiger partial charge in [0, 0.05) is 24.1 Å². The number of hydrogen-bond donors (Lipinski definition) is 2. The van der Waals surface area contributed by atoms with E-state index in [-0.39, 0.29) is 18.6 Å². The Hall–Kier alpha value is -2.72. The van der Waals surface area contributed by atoms with E-state index in [2.05, 4.69) is 25.7 Å². The second-order valence-corrected chi connectivity index (χ2v) is 9.07. The van der Waals surface area contributed by atoms with Crippen molar-refractivity contribution >= 4 is 46.4 Å². The minimum absolute atomic E-state index is 0.0461. The lowest BCUT2D eigenvalue weighted by Gasteiger charge is -2.26. The maximum atomic E-state index is 12.1. The number of carbonyl (C=O) groups excluding carboxylic acids is 1. The number of nitrogens with one attached hydrogen (secondary N) is 2. The van der Waals surface area contributed by atoms with E-state index < -0.39 is 0 Å². The van der Waals surface area contributed by atoms with Crippen LogP contribution in [0.15, 0.2) is 36.7 Å². The average Bonchev–Trinajstić information content (AvgIpc) is 3.04. The van der Waals surface area contributed by atoms with Crippen LogP contribution in [0.1, 0.15) is 25.3 Å². The summed E-state index contributed by atoms with van der Waals surface area (Å²) in [5.41, 5.74) is 2.81. The van der Waals surface area contributed by atoms with E-state index in [0.717, 1.165) is 43.7 Å². The molecule has 1 atom stereocenters. The van der Waals surface area contributed by atoms with E-state index in [4.69, 9.17) is 27.9 Å². The number of rotatable bonds is 5. The molecule has 1 amide bonds. The van der Waals surface area contributed by atoms with E-state index in [9.17, 15) is 4.79 Å². The van der Waals surface area contributed by atoms with Gasteiger partial charge in [0.25, 0.3) is 5.91 Å². The molecular formula is C23H25Cl2N7O2. The van der Waals surface area contributed by atoms with Gasteiger partial charge in [-0.1, -0.05) is 23.2 Å². The molecule has 3 aromatic rings. The zero-order valence-electron chi connectivity index (χ0n) is 18.5. The topological polar surface area (TPSA) is 97.2 Å². The van der Waals surface area contributed by atoms with Gasteiger partial charge in [-0.2, -0.15) is 5.10 Å². The van der Waals surface area contributed by atoms with Crippen molar-refractivity contribution < 1.29 is 9.53 Å². The minimum atomic E-state index is -0.0461. The molecule has 0 radical (unpaired) electrons. The van der Waals surface area contributed by atoms with Crippen LogP contribution in [-0.2, 0) is 9.53 Å². The molecule has 9 nitrogen and oxygen atoms in total. The Morgan fingerprint density at radius 1 is 1.15 bits per heavy atom. The molecule has 0 spiro atoms. The van der Waals surface area contributed by atoms with Crippen molar-refractivity contribution in [3.63, 3.8) is 0 Å². The van der Waals surface area contributed by atoms with Crippen LogP contribution < -0.4 is 15.5 Å². The Labute approximate surface area is 207 Å². The molecule has 34 heavy (non-hydrogen) atoms. The van der Waals surface area contributed by atoms with Gasteiger partial charge < -0.3 is 20.3 Å². The molecule has 178 valence electrons. The van der Waals surface area contributed by atoms with Crippen molar-refractivity contribution in [2.45, 2.75) is 25.3 Å². The molecule has 0 saturated carbocycles. The van der Waals surface area contributed by atoms with E-state index >= 15 is 0 Å². The Bertz CT molecular complexity index is 1160. The normalized spacial score (nSPS) is 19.2. The van der Waals surface area contributed by atoms with Gasteiger partial charge in [0.2, 0.25) is 5.95 Å². The van der Waals surface area contributed by atoms with E-state index in [1.807, 2.05) is 35.1 Å². The van der Waals surface area contributed by atoms with Crippen molar-refractivity contribution in [3.8, 4) is 11.3 Å². The van der Waals surface area contributed by atoms with Crippen molar-refractivity contribution in [1.82, 2.24) is 25.1 Å². The molecule has 0 bridgehead atoms. The molecule has 2 aromatic heterocycles.